The van der Waals surface area contributed by atoms with Gasteiger partial charge in [0.15, 0.2) is 0 Å². The van der Waals surface area contributed by atoms with Crippen LogP contribution in [-0.4, -0.2) is 9.55 Å². The van der Waals surface area contributed by atoms with Crippen LogP contribution in [0.15, 0.2) is 24.4 Å². The normalized spacial score (nSPS) is 10.8. The predicted molar refractivity (Wildman–Crippen MR) is 66.2 cm³/mol. The molecule has 0 aliphatic rings. The molecule has 0 unspecified atom stereocenters. The third-order valence-corrected chi connectivity index (χ3v) is 2.86. The summed E-state index contributed by atoms with van der Waals surface area (Å²) >= 11 is 12.1. The number of halogens is 2. The first-order chi connectivity index (χ1) is 7.61. The molecular formula is C11H11Cl2N3. The van der Waals surface area contributed by atoms with Crippen molar-refractivity contribution in [2.45, 2.75) is 13.5 Å². The number of rotatable bonds is 2. The first kappa shape index (κ1) is 11.5. The van der Waals surface area contributed by atoms with Gasteiger partial charge in [-0.1, -0.05) is 23.2 Å². The monoisotopic (exact) mass is 255 g/mol. The molecule has 1 heterocycles. The Bertz CT molecular complexity index is 520. The summed E-state index contributed by atoms with van der Waals surface area (Å²) in [5, 5.41) is 1.27. The van der Waals surface area contributed by atoms with Crippen molar-refractivity contribution in [3.63, 3.8) is 0 Å². The number of nitrogens with zero attached hydrogens (tertiary/aromatic N) is 2. The van der Waals surface area contributed by atoms with E-state index in [1.807, 2.05) is 17.7 Å². The fraction of sp³-hybridized carbons (Fsp3) is 0.182. The summed E-state index contributed by atoms with van der Waals surface area (Å²) in [6, 6.07) is 5.32. The minimum atomic E-state index is 0.409. The number of aryl methyl sites for hydroxylation is 1. The Hall–Kier alpha value is -1.03. The molecule has 0 saturated heterocycles. The van der Waals surface area contributed by atoms with Gasteiger partial charge in [0.1, 0.15) is 5.82 Å². The third kappa shape index (κ3) is 2.07. The van der Waals surface area contributed by atoms with Crippen LogP contribution in [0.1, 0.15) is 11.5 Å². The quantitative estimate of drug-likeness (QED) is 0.897. The van der Waals surface area contributed by atoms with Crippen molar-refractivity contribution in [3.8, 4) is 5.69 Å². The van der Waals surface area contributed by atoms with Crippen molar-refractivity contribution in [1.29, 1.82) is 0 Å². The summed E-state index contributed by atoms with van der Waals surface area (Å²) in [6.45, 7) is 2.31. The van der Waals surface area contributed by atoms with E-state index in [0.717, 1.165) is 17.2 Å². The number of benzene rings is 1. The summed E-state index contributed by atoms with van der Waals surface area (Å²) in [6.07, 6.45) is 1.87. The molecule has 2 aromatic rings. The van der Waals surface area contributed by atoms with Gasteiger partial charge < -0.3 is 10.3 Å². The fourth-order valence-corrected chi connectivity index (χ4v) is 1.92. The molecule has 1 aromatic carbocycles. The molecule has 16 heavy (non-hydrogen) atoms. The first-order valence-electron chi connectivity index (χ1n) is 4.82. The van der Waals surface area contributed by atoms with Gasteiger partial charge in [-0.15, -0.1) is 0 Å². The van der Waals surface area contributed by atoms with Gasteiger partial charge in [0.2, 0.25) is 0 Å². The van der Waals surface area contributed by atoms with Crippen molar-refractivity contribution in [1.82, 2.24) is 9.55 Å². The van der Waals surface area contributed by atoms with Gasteiger partial charge in [0.05, 0.1) is 16.4 Å². The molecular weight excluding hydrogens is 245 g/mol. The number of hydrogen-bond acceptors (Lipinski definition) is 2. The topological polar surface area (TPSA) is 43.8 Å². The van der Waals surface area contributed by atoms with Crippen LogP contribution >= 0.6 is 23.2 Å². The van der Waals surface area contributed by atoms with Gasteiger partial charge in [0, 0.05) is 17.8 Å². The molecule has 84 valence electrons. The highest BCUT2D eigenvalue weighted by Gasteiger charge is 2.08. The van der Waals surface area contributed by atoms with E-state index in [1.54, 1.807) is 18.2 Å². The molecule has 0 saturated carbocycles. The lowest BCUT2D eigenvalue weighted by molar-refractivity contribution is 0.969. The Kier molecular flexibility index (Phi) is 3.19. The molecule has 1 aromatic heterocycles. The zero-order valence-electron chi connectivity index (χ0n) is 8.74. The molecule has 0 radical (unpaired) electrons. The lowest BCUT2D eigenvalue weighted by Crippen LogP contribution is -1.96. The molecule has 0 aliphatic carbocycles. The van der Waals surface area contributed by atoms with E-state index >= 15 is 0 Å². The minimum Gasteiger partial charge on any atom is -0.325 e. The lowest BCUT2D eigenvalue weighted by atomic mass is 10.3. The Morgan fingerprint density at radius 2 is 2.12 bits per heavy atom. The lowest BCUT2D eigenvalue weighted by Gasteiger charge is -2.07. The van der Waals surface area contributed by atoms with Gasteiger partial charge >= 0.3 is 0 Å². The zero-order valence-corrected chi connectivity index (χ0v) is 10.3. The van der Waals surface area contributed by atoms with Crippen LogP contribution in [-0.2, 0) is 6.54 Å². The van der Waals surface area contributed by atoms with E-state index in [4.69, 9.17) is 28.9 Å². The summed E-state index contributed by atoms with van der Waals surface area (Å²) in [7, 11) is 0. The van der Waals surface area contributed by atoms with Gasteiger partial charge in [-0.05, 0) is 25.1 Å². The predicted octanol–water partition coefficient (Wildman–Crippen LogP) is 2.95. The maximum absolute atomic E-state index is 6.12. The van der Waals surface area contributed by atoms with Crippen LogP contribution in [0.3, 0.4) is 0 Å². The first-order valence-corrected chi connectivity index (χ1v) is 5.58. The Morgan fingerprint density at radius 1 is 1.38 bits per heavy atom. The molecule has 0 aliphatic heterocycles. The van der Waals surface area contributed by atoms with E-state index in [9.17, 15) is 0 Å². The van der Waals surface area contributed by atoms with Crippen LogP contribution in [0.4, 0.5) is 0 Å². The molecule has 2 N–H and O–H groups in total. The highest BCUT2D eigenvalue weighted by molar-refractivity contribution is 6.34. The molecule has 2 rings (SSSR count). The second kappa shape index (κ2) is 4.45. The van der Waals surface area contributed by atoms with Gasteiger partial charge in [-0.2, -0.15) is 0 Å². The number of hydrogen-bond donors (Lipinski definition) is 1. The summed E-state index contributed by atoms with van der Waals surface area (Å²) in [4.78, 5) is 4.31. The minimum absolute atomic E-state index is 0.409. The standard InChI is InChI=1S/C11H11Cl2N3/c1-7-15-9(5-14)6-16(7)11-4-8(12)2-3-10(11)13/h2-4,6H,5,14H2,1H3. The highest BCUT2D eigenvalue weighted by atomic mass is 35.5. The highest BCUT2D eigenvalue weighted by Crippen LogP contribution is 2.25. The second-order valence-corrected chi connectivity index (χ2v) is 4.29. The van der Waals surface area contributed by atoms with Gasteiger partial charge in [0.25, 0.3) is 0 Å². The van der Waals surface area contributed by atoms with E-state index in [0.29, 0.717) is 16.6 Å². The zero-order chi connectivity index (χ0) is 11.7. The van der Waals surface area contributed by atoms with Crippen molar-refractivity contribution < 1.29 is 0 Å². The summed E-state index contributed by atoms with van der Waals surface area (Å²) < 4.78 is 1.89. The van der Waals surface area contributed by atoms with Crippen molar-refractivity contribution in [2.24, 2.45) is 5.73 Å². The van der Waals surface area contributed by atoms with E-state index in [2.05, 4.69) is 4.98 Å². The fourth-order valence-electron chi connectivity index (χ4n) is 1.55. The maximum Gasteiger partial charge on any atom is 0.110 e. The number of aromatic nitrogens is 2. The van der Waals surface area contributed by atoms with Crippen molar-refractivity contribution >= 4 is 23.2 Å². The Morgan fingerprint density at radius 3 is 2.75 bits per heavy atom. The average molecular weight is 256 g/mol. The van der Waals surface area contributed by atoms with Crippen molar-refractivity contribution in [3.05, 3.63) is 46.0 Å². The number of imidazole rings is 1. The Labute approximate surface area is 104 Å². The smallest absolute Gasteiger partial charge is 0.110 e. The molecule has 3 nitrogen and oxygen atoms in total. The summed E-state index contributed by atoms with van der Waals surface area (Å²) in [5.41, 5.74) is 7.19. The average Bonchev–Trinajstić information content (AvgIpc) is 2.63. The van der Waals surface area contributed by atoms with Crippen LogP contribution in [0.2, 0.25) is 10.0 Å². The van der Waals surface area contributed by atoms with E-state index < -0.39 is 0 Å². The SMILES string of the molecule is Cc1nc(CN)cn1-c1cc(Cl)ccc1Cl. The van der Waals surface area contributed by atoms with E-state index in [-0.39, 0.29) is 0 Å². The van der Waals surface area contributed by atoms with Gasteiger partial charge in [-0.25, -0.2) is 4.98 Å². The van der Waals surface area contributed by atoms with Crippen molar-refractivity contribution in [2.75, 3.05) is 0 Å². The van der Waals surface area contributed by atoms with Crippen LogP contribution in [0, 0.1) is 6.92 Å². The molecule has 0 spiro atoms. The second-order valence-electron chi connectivity index (χ2n) is 3.45. The molecule has 0 atom stereocenters. The number of nitrogens with two attached hydrogens (primary N) is 1. The van der Waals surface area contributed by atoms with Crippen LogP contribution in [0.25, 0.3) is 5.69 Å². The van der Waals surface area contributed by atoms with E-state index in [1.165, 1.54) is 0 Å². The molecule has 0 amide bonds. The molecule has 0 bridgehead atoms. The maximum atomic E-state index is 6.12. The Balaban J connectivity index is 2.57. The largest absolute Gasteiger partial charge is 0.325 e. The van der Waals surface area contributed by atoms with Crippen LogP contribution < -0.4 is 5.73 Å². The van der Waals surface area contributed by atoms with Gasteiger partial charge in [-0.3, -0.25) is 0 Å². The summed E-state index contributed by atoms with van der Waals surface area (Å²) in [5.74, 6) is 0.838. The third-order valence-electron chi connectivity index (χ3n) is 2.31. The molecule has 0 fully saturated rings. The van der Waals surface area contributed by atoms with Crippen LogP contribution in [0.5, 0.6) is 0 Å². The molecule has 5 heteroatoms.